The summed E-state index contributed by atoms with van der Waals surface area (Å²) in [6.07, 6.45) is 1.89. The van der Waals surface area contributed by atoms with Crippen molar-refractivity contribution in [3.05, 3.63) is 48.3 Å². The van der Waals surface area contributed by atoms with Gasteiger partial charge in [-0.3, -0.25) is 9.69 Å². The largest absolute Gasteiger partial charge is 0.480 e. The molecule has 110 valence electrons. The molecule has 0 saturated carbocycles. The van der Waals surface area contributed by atoms with Crippen molar-refractivity contribution < 1.29 is 14.6 Å². The maximum atomic E-state index is 11.2. The monoisotopic (exact) mass is 287 g/mol. The van der Waals surface area contributed by atoms with Crippen LogP contribution < -0.4 is 0 Å². The Balaban J connectivity index is 1.73. The number of carboxylic acid groups (broad SMARTS) is 1. The lowest BCUT2D eigenvalue weighted by atomic mass is 10.2. The number of benzene rings is 1. The van der Waals surface area contributed by atoms with Crippen LogP contribution in [0, 0.1) is 0 Å². The maximum absolute atomic E-state index is 11.2. The number of nitrogens with zero attached hydrogens (tertiary/aromatic N) is 3. The summed E-state index contributed by atoms with van der Waals surface area (Å²) in [5.74, 6) is -0.850. The molecule has 6 nitrogen and oxygen atoms in total. The van der Waals surface area contributed by atoms with E-state index in [9.17, 15) is 9.90 Å². The Labute approximate surface area is 122 Å². The molecule has 0 spiro atoms. The van der Waals surface area contributed by atoms with E-state index in [1.807, 2.05) is 47.5 Å². The Morgan fingerprint density at radius 2 is 2.14 bits per heavy atom. The molecule has 2 heterocycles. The van der Waals surface area contributed by atoms with Crippen LogP contribution in [0.3, 0.4) is 0 Å². The number of ether oxygens (including phenoxy) is 1. The molecule has 0 aliphatic carbocycles. The predicted molar refractivity (Wildman–Crippen MR) is 76.2 cm³/mol. The molecule has 6 heteroatoms. The lowest BCUT2D eigenvalue weighted by molar-refractivity contribution is -0.150. The molecule has 1 atom stereocenters. The Kier molecular flexibility index (Phi) is 3.98. The predicted octanol–water partition coefficient (Wildman–Crippen LogP) is 1.16. The normalized spacial score (nSPS) is 19.5. The maximum Gasteiger partial charge on any atom is 0.323 e. The molecule has 1 N–H and O–H groups in total. The van der Waals surface area contributed by atoms with Crippen molar-refractivity contribution >= 4 is 5.97 Å². The molecule has 1 fully saturated rings. The van der Waals surface area contributed by atoms with Gasteiger partial charge in [-0.15, -0.1) is 0 Å². The number of aromatic nitrogens is 2. The van der Waals surface area contributed by atoms with Crippen LogP contribution in [0.4, 0.5) is 0 Å². The third-order valence-corrected chi connectivity index (χ3v) is 3.55. The summed E-state index contributed by atoms with van der Waals surface area (Å²) in [5.41, 5.74) is 1.84. The van der Waals surface area contributed by atoms with Gasteiger partial charge < -0.3 is 9.84 Å². The van der Waals surface area contributed by atoms with Gasteiger partial charge >= 0.3 is 5.97 Å². The van der Waals surface area contributed by atoms with Gasteiger partial charge in [0.05, 0.1) is 24.6 Å². The number of hydrogen-bond acceptors (Lipinski definition) is 4. The van der Waals surface area contributed by atoms with Crippen LogP contribution in [0.25, 0.3) is 5.69 Å². The first kappa shape index (κ1) is 13.8. The van der Waals surface area contributed by atoms with Crippen LogP contribution in [0.1, 0.15) is 5.69 Å². The molecular formula is C15H17N3O3. The van der Waals surface area contributed by atoms with Gasteiger partial charge in [-0.05, 0) is 18.2 Å². The highest BCUT2D eigenvalue weighted by molar-refractivity contribution is 5.73. The molecule has 1 aromatic heterocycles. The molecule has 1 unspecified atom stereocenters. The van der Waals surface area contributed by atoms with Crippen molar-refractivity contribution in [2.45, 2.75) is 12.6 Å². The second-order valence-corrected chi connectivity index (χ2v) is 4.99. The van der Waals surface area contributed by atoms with Gasteiger partial charge in [-0.2, -0.15) is 5.10 Å². The molecule has 0 bridgehead atoms. The number of rotatable bonds is 4. The molecule has 21 heavy (non-hydrogen) atoms. The van der Waals surface area contributed by atoms with E-state index in [4.69, 9.17) is 4.74 Å². The Morgan fingerprint density at radius 1 is 1.33 bits per heavy atom. The summed E-state index contributed by atoms with van der Waals surface area (Å²) < 4.78 is 7.03. The van der Waals surface area contributed by atoms with Gasteiger partial charge in [-0.1, -0.05) is 18.2 Å². The molecular weight excluding hydrogens is 270 g/mol. The van der Waals surface area contributed by atoms with Crippen LogP contribution in [0.5, 0.6) is 0 Å². The number of carbonyl (C=O) groups is 1. The molecule has 1 aliphatic rings. The highest BCUT2D eigenvalue weighted by atomic mass is 16.5. The fourth-order valence-corrected chi connectivity index (χ4v) is 2.43. The zero-order valence-electron chi connectivity index (χ0n) is 11.6. The smallest absolute Gasteiger partial charge is 0.323 e. The number of hydrogen-bond donors (Lipinski definition) is 1. The molecule has 1 saturated heterocycles. The summed E-state index contributed by atoms with van der Waals surface area (Å²) in [5, 5.41) is 13.7. The fourth-order valence-electron chi connectivity index (χ4n) is 2.43. The van der Waals surface area contributed by atoms with Gasteiger partial charge in [-0.25, -0.2) is 4.68 Å². The van der Waals surface area contributed by atoms with E-state index in [2.05, 4.69) is 5.10 Å². The first-order valence-electron chi connectivity index (χ1n) is 6.88. The Morgan fingerprint density at radius 3 is 2.90 bits per heavy atom. The van der Waals surface area contributed by atoms with E-state index in [0.29, 0.717) is 19.7 Å². The Hall–Kier alpha value is -2.18. The average molecular weight is 287 g/mol. The number of carboxylic acids is 1. The molecule has 2 aromatic rings. The number of morpholine rings is 1. The van der Waals surface area contributed by atoms with Gasteiger partial charge in [0.25, 0.3) is 0 Å². The number of aliphatic carboxylic acids is 1. The van der Waals surface area contributed by atoms with Gasteiger partial charge in [0.15, 0.2) is 0 Å². The van der Waals surface area contributed by atoms with Gasteiger partial charge in [0, 0.05) is 19.3 Å². The molecule has 1 aromatic carbocycles. The van der Waals surface area contributed by atoms with Crippen molar-refractivity contribution in [1.29, 1.82) is 0 Å². The van der Waals surface area contributed by atoms with Gasteiger partial charge in [0.2, 0.25) is 0 Å². The van der Waals surface area contributed by atoms with E-state index in [1.54, 1.807) is 4.68 Å². The quantitative estimate of drug-likeness (QED) is 0.914. The van der Waals surface area contributed by atoms with Crippen LogP contribution >= 0.6 is 0 Å². The Bertz CT molecular complexity index is 612. The highest BCUT2D eigenvalue weighted by Gasteiger charge is 2.29. The van der Waals surface area contributed by atoms with Crippen LogP contribution in [0.2, 0.25) is 0 Å². The van der Waals surface area contributed by atoms with Crippen molar-refractivity contribution in [3.63, 3.8) is 0 Å². The lowest BCUT2D eigenvalue weighted by Gasteiger charge is -2.32. The van der Waals surface area contributed by atoms with Crippen LogP contribution in [-0.4, -0.2) is 51.6 Å². The molecule has 0 amide bonds. The van der Waals surface area contributed by atoms with Crippen molar-refractivity contribution in [3.8, 4) is 5.69 Å². The first-order chi connectivity index (χ1) is 10.2. The summed E-state index contributed by atoms with van der Waals surface area (Å²) in [6, 6.07) is 11.1. The minimum Gasteiger partial charge on any atom is -0.480 e. The molecule has 3 rings (SSSR count). The second kappa shape index (κ2) is 6.07. The fraction of sp³-hybridized carbons (Fsp3) is 0.333. The average Bonchev–Trinajstić information content (AvgIpc) is 2.97. The standard InChI is InChI=1S/C15H17N3O3/c19-15(20)14-11-21-9-8-17(14)10-12-6-7-18(16-12)13-4-2-1-3-5-13/h1-7,14H,8-11H2,(H,19,20). The molecule has 0 radical (unpaired) electrons. The topological polar surface area (TPSA) is 67.6 Å². The summed E-state index contributed by atoms with van der Waals surface area (Å²) >= 11 is 0. The minimum atomic E-state index is -0.850. The van der Waals surface area contributed by atoms with Gasteiger partial charge in [0.1, 0.15) is 6.04 Å². The van der Waals surface area contributed by atoms with Crippen molar-refractivity contribution in [2.75, 3.05) is 19.8 Å². The lowest BCUT2D eigenvalue weighted by Crippen LogP contribution is -2.49. The zero-order chi connectivity index (χ0) is 14.7. The van der Waals surface area contributed by atoms with E-state index in [0.717, 1.165) is 11.4 Å². The van der Waals surface area contributed by atoms with E-state index >= 15 is 0 Å². The number of para-hydroxylation sites is 1. The SMILES string of the molecule is O=C(O)C1COCCN1Cc1ccn(-c2ccccc2)n1. The summed E-state index contributed by atoms with van der Waals surface area (Å²) in [4.78, 5) is 13.1. The van der Waals surface area contributed by atoms with E-state index < -0.39 is 12.0 Å². The van der Waals surface area contributed by atoms with Crippen molar-refractivity contribution in [1.82, 2.24) is 14.7 Å². The second-order valence-electron chi connectivity index (χ2n) is 4.99. The first-order valence-corrected chi connectivity index (χ1v) is 6.88. The third kappa shape index (κ3) is 3.12. The summed E-state index contributed by atoms with van der Waals surface area (Å²) in [6.45, 7) is 1.91. The third-order valence-electron chi connectivity index (χ3n) is 3.55. The van der Waals surface area contributed by atoms with Crippen molar-refractivity contribution in [2.24, 2.45) is 0 Å². The molecule has 1 aliphatic heterocycles. The van der Waals surface area contributed by atoms with E-state index in [1.165, 1.54) is 0 Å². The van der Waals surface area contributed by atoms with Crippen LogP contribution in [0.15, 0.2) is 42.6 Å². The zero-order valence-corrected chi connectivity index (χ0v) is 11.6. The summed E-state index contributed by atoms with van der Waals surface area (Å²) in [7, 11) is 0. The minimum absolute atomic E-state index is 0.231. The van der Waals surface area contributed by atoms with E-state index in [-0.39, 0.29) is 6.61 Å². The van der Waals surface area contributed by atoms with Crippen LogP contribution in [-0.2, 0) is 16.1 Å². The highest BCUT2D eigenvalue weighted by Crippen LogP contribution is 2.13.